The van der Waals surface area contributed by atoms with Crippen molar-refractivity contribution in [2.24, 2.45) is 5.73 Å². The van der Waals surface area contributed by atoms with Crippen molar-refractivity contribution in [3.8, 4) is 0 Å². The number of anilines is 1. The van der Waals surface area contributed by atoms with Crippen molar-refractivity contribution in [2.75, 3.05) is 5.32 Å². The third kappa shape index (κ3) is 2.25. The van der Waals surface area contributed by atoms with E-state index in [0.717, 1.165) is 3.57 Å². The van der Waals surface area contributed by atoms with E-state index in [-0.39, 0.29) is 5.96 Å². The average molecular weight is 296 g/mol. The highest BCUT2D eigenvalue weighted by molar-refractivity contribution is 14.1. The lowest BCUT2D eigenvalue weighted by Crippen LogP contribution is -2.21. The predicted molar refractivity (Wildman–Crippen MR) is 59.7 cm³/mol. The summed E-state index contributed by atoms with van der Waals surface area (Å²) in [4.78, 5) is 0. The summed E-state index contributed by atoms with van der Waals surface area (Å²) < 4.78 is 0.940. The molecule has 0 aliphatic heterocycles. The highest BCUT2D eigenvalue weighted by Gasteiger charge is 2.03. The quantitative estimate of drug-likeness (QED) is 0.423. The van der Waals surface area contributed by atoms with Crippen LogP contribution in [-0.2, 0) is 0 Å². The number of hydrogen-bond acceptors (Lipinski definition) is 1. The fraction of sp³-hybridized carbons (Fsp3) is 0. The Morgan fingerprint density at radius 2 is 2.25 bits per heavy atom. The standard InChI is InChI=1S/C7H7ClIN3/c8-4-2-1-3-5(9)6(4)12-7(10)11/h1-3H,(H4,10,11,12). The molecular weight excluding hydrogens is 288 g/mol. The van der Waals surface area contributed by atoms with Gasteiger partial charge in [0.1, 0.15) is 0 Å². The van der Waals surface area contributed by atoms with E-state index in [1.165, 1.54) is 0 Å². The van der Waals surface area contributed by atoms with Gasteiger partial charge >= 0.3 is 0 Å². The molecule has 12 heavy (non-hydrogen) atoms. The maximum absolute atomic E-state index is 7.03. The summed E-state index contributed by atoms with van der Waals surface area (Å²) in [5, 5.41) is 10.3. The number of nitrogens with two attached hydrogens (primary N) is 1. The Morgan fingerprint density at radius 1 is 1.58 bits per heavy atom. The van der Waals surface area contributed by atoms with Crippen LogP contribution >= 0.6 is 34.2 Å². The summed E-state index contributed by atoms with van der Waals surface area (Å²) in [5.41, 5.74) is 5.86. The van der Waals surface area contributed by atoms with Gasteiger partial charge in [0.25, 0.3) is 0 Å². The normalized spacial score (nSPS) is 9.50. The lowest BCUT2D eigenvalue weighted by atomic mass is 10.3. The highest BCUT2D eigenvalue weighted by Crippen LogP contribution is 2.26. The Morgan fingerprint density at radius 3 is 2.75 bits per heavy atom. The minimum atomic E-state index is -0.110. The molecule has 0 heterocycles. The van der Waals surface area contributed by atoms with Crippen molar-refractivity contribution in [2.45, 2.75) is 0 Å². The van der Waals surface area contributed by atoms with Gasteiger partial charge in [0.15, 0.2) is 5.96 Å². The number of benzene rings is 1. The Balaban J connectivity index is 3.04. The van der Waals surface area contributed by atoms with E-state index in [9.17, 15) is 0 Å². The van der Waals surface area contributed by atoms with E-state index in [1.54, 1.807) is 6.07 Å². The van der Waals surface area contributed by atoms with Crippen LogP contribution < -0.4 is 11.1 Å². The Labute approximate surface area is 88.9 Å². The largest absolute Gasteiger partial charge is 0.370 e. The average Bonchev–Trinajstić information content (AvgIpc) is 1.97. The van der Waals surface area contributed by atoms with Crippen LogP contribution in [0.25, 0.3) is 0 Å². The lowest BCUT2D eigenvalue weighted by Gasteiger charge is -2.07. The first kappa shape index (κ1) is 9.60. The van der Waals surface area contributed by atoms with Crippen molar-refractivity contribution >= 4 is 45.8 Å². The van der Waals surface area contributed by atoms with Crippen LogP contribution in [0.2, 0.25) is 5.02 Å². The number of guanidine groups is 1. The Hall–Kier alpha value is -0.490. The first-order chi connectivity index (χ1) is 5.61. The van der Waals surface area contributed by atoms with Crippen LogP contribution in [0.1, 0.15) is 0 Å². The SMILES string of the molecule is N=C(N)Nc1c(Cl)cccc1I. The molecule has 64 valence electrons. The van der Waals surface area contributed by atoms with E-state index in [0.29, 0.717) is 10.7 Å². The maximum atomic E-state index is 7.03. The summed E-state index contributed by atoms with van der Waals surface area (Å²) >= 11 is 7.97. The number of rotatable bonds is 1. The van der Waals surface area contributed by atoms with Crippen LogP contribution in [-0.4, -0.2) is 5.96 Å². The van der Waals surface area contributed by atoms with E-state index >= 15 is 0 Å². The van der Waals surface area contributed by atoms with Crippen molar-refractivity contribution in [1.29, 1.82) is 5.41 Å². The summed E-state index contributed by atoms with van der Waals surface area (Å²) in [6.45, 7) is 0. The number of nitrogens with one attached hydrogen (secondary N) is 2. The van der Waals surface area contributed by atoms with E-state index < -0.39 is 0 Å². The first-order valence-electron chi connectivity index (χ1n) is 3.16. The molecule has 0 aliphatic carbocycles. The van der Waals surface area contributed by atoms with Crippen molar-refractivity contribution in [3.05, 3.63) is 26.8 Å². The van der Waals surface area contributed by atoms with E-state index in [1.807, 2.05) is 12.1 Å². The highest BCUT2D eigenvalue weighted by atomic mass is 127. The number of halogens is 2. The van der Waals surface area contributed by atoms with Gasteiger partial charge in [-0.25, -0.2) is 0 Å². The zero-order valence-electron chi connectivity index (χ0n) is 6.07. The predicted octanol–water partition coefficient (Wildman–Crippen LogP) is 2.25. The fourth-order valence-electron chi connectivity index (χ4n) is 0.752. The van der Waals surface area contributed by atoms with Gasteiger partial charge in [-0.15, -0.1) is 0 Å². The third-order valence-corrected chi connectivity index (χ3v) is 2.44. The molecule has 0 aromatic heterocycles. The van der Waals surface area contributed by atoms with Gasteiger partial charge in [-0.2, -0.15) is 0 Å². The molecule has 0 saturated heterocycles. The molecule has 1 rings (SSSR count). The van der Waals surface area contributed by atoms with Gasteiger partial charge < -0.3 is 11.1 Å². The second kappa shape index (κ2) is 3.95. The molecule has 1 aromatic rings. The Kier molecular flexibility index (Phi) is 3.16. The fourth-order valence-corrected chi connectivity index (χ4v) is 1.77. The summed E-state index contributed by atoms with van der Waals surface area (Å²) in [6.07, 6.45) is 0. The second-order valence-electron chi connectivity index (χ2n) is 2.14. The van der Waals surface area contributed by atoms with Crippen molar-refractivity contribution in [3.63, 3.8) is 0 Å². The summed E-state index contributed by atoms with van der Waals surface area (Å²) in [5.74, 6) is -0.110. The molecule has 1 aromatic carbocycles. The molecule has 0 spiro atoms. The summed E-state index contributed by atoms with van der Waals surface area (Å²) in [6, 6.07) is 5.47. The van der Waals surface area contributed by atoms with E-state index in [2.05, 4.69) is 27.9 Å². The van der Waals surface area contributed by atoms with Gasteiger partial charge in [0.2, 0.25) is 0 Å². The number of para-hydroxylation sites is 1. The molecule has 0 amide bonds. The van der Waals surface area contributed by atoms with Gasteiger partial charge in [-0.1, -0.05) is 17.7 Å². The van der Waals surface area contributed by atoms with Gasteiger partial charge in [0.05, 0.1) is 10.7 Å². The molecular formula is C7H7ClIN3. The van der Waals surface area contributed by atoms with Crippen LogP contribution in [0.5, 0.6) is 0 Å². The Bertz CT molecular complexity index is 293. The molecule has 0 aliphatic rings. The molecule has 3 nitrogen and oxygen atoms in total. The van der Waals surface area contributed by atoms with Crippen LogP contribution in [0.15, 0.2) is 18.2 Å². The minimum absolute atomic E-state index is 0.110. The molecule has 0 saturated carbocycles. The van der Waals surface area contributed by atoms with Gasteiger partial charge in [-0.3, -0.25) is 5.41 Å². The lowest BCUT2D eigenvalue weighted by molar-refractivity contribution is 1.40. The van der Waals surface area contributed by atoms with Crippen LogP contribution in [0, 0.1) is 8.98 Å². The minimum Gasteiger partial charge on any atom is -0.370 e. The number of hydrogen-bond donors (Lipinski definition) is 3. The zero-order chi connectivity index (χ0) is 9.14. The molecule has 0 atom stereocenters. The monoisotopic (exact) mass is 295 g/mol. The van der Waals surface area contributed by atoms with E-state index in [4.69, 9.17) is 22.7 Å². The molecule has 0 unspecified atom stereocenters. The molecule has 0 fully saturated rings. The maximum Gasteiger partial charge on any atom is 0.190 e. The molecule has 5 heteroatoms. The first-order valence-corrected chi connectivity index (χ1v) is 4.62. The van der Waals surface area contributed by atoms with Gasteiger partial charge in [0, 0.05) is 3.57 Å². The van der Waals surface area contributed by atoms with Crippen LogP contribution in [0.4, 0.5) is 5.69 Å². The van der Waals surface area contributed by atoms with Gasteiger partial charge in [-0.05, 0) is 34.7 Å². The third-order valence-electron chi connectivity index (χ3n) is 1.22. The molecule has 4 N–H and O–H groups in total. The van der Waals surface area contributed by atoms with Crippen molar-refractivity contribution < 1.29 is 0 Å². The second-order valence-corrected chi connectivity index (χ2v) is 3.70. The zero-order valence-corrected chi connectivity index (χ0v) is 8.98. The smallest absolute Gasteiger partial charge is 0.190 e. The van der Waals surface area contributed by atoms with Crippen LogP contribution in [0.3, 0.4) is 0 Å². The topological polar surface area (TPSA) is 61.9 Å². The summed E-state index contributed by atoms with van der Waals surface area (Å²) in [7, 11) is 0. The van der Waals surface area contributed by atoms with Crippen molar-refractivity contribution in [1.82, 2.24) is 0 Å². The molecule has 0 radical (unpaired) electrons. The molecule has 0 bridgehead atoms.